The third kappa shape index (κ3) is 2.87. The summed E-state index contributed by atoms with van der Waals surface area (Å²) in [5.74, 6) is 2.62. The molecule has 1 aromatic carbocycles. The summed E-state index contributed by atoms with van der Waals surface area (Å²) >= 11 is 0. The molecule has 2 atom stereocenters. The number of nitrogens with zero attached hydrogens (tertiary/aromatic N) is 3. The first-order chi connectivity index (χ1) is 11.2. The Labute approximate surface area is 135 Å². The molecule has 1 saturated heterocycles. The number of likely N-dealkylation sites (tertiary alicyclic amines) is 1. The maximum atomic E-state index is 12.7. The van der Waals surface area contributed by atoms with Crippen LogP contribution in [-0.4, -0.2) is 34.0 Å². The first kappa shape index (κ1) is 14.4. The molecule has 4 rings (SSSR count). The molecule has 2 aliphatic rings. The molecule has 0 N–H and O–H groups in total. The summed E-state index contributed by atoms with van der Waals surface area (Å²) in [6.45, 7) is 3.42. The summed E-state index contributed by atoms with van der Waals surface area (Å²) in [6, 6.07) is 10.4. The molecular weight excluding hydrogens is 290 g/mol. The van der Waals surface area contributed by atoms with Crippen LogP contribution in [0.25, 0.3) is 0 Å². The highest BCUT2D eigenvalue weighted by atomic mass is 16.5. The molecule has 23 heavy (non-hydrogen) atoms. The van der Waals surface area contributed by atoms with Gasteiger partial charge in [-0.1, -0.05) is 35.5 Å². The molecule has 5 heteroatoms. The van der Waals surface area contributed by atoms with Gasteiger partial charge in [0.05, 0.1) is 0 Å². The van der Waals surface area contributed by atoms with E-state index in [4.69, 9.17) is 4.52 Å². The second-order valence-electron chi connectivity index (χ2n) is 6.64. The predicted octanol–water partition coefficient (Wildman–Crippen LogP) is 2.89. The zero-order valence-corrected chi connectivity index (χ0v) is 13.3. The summed E-state index contributed by atoms with van der Waals surface area (Å²) in [6.07, 6.45) is 2.82. The van der Waals surface area contributed by atoms with Gasteiger partial charge in [0.25, 0.3) is 0 Å². The van der Waals surface area contributed by atoms with Crippen molar-refractivity contribution in [2.45, 2.75) is 38.0 Å². The summed E-state index contributed by atoms with van der Waals surface area (Å²) in [4.78, 5) is 19.0. The van der Waals surface area contributed by atoms with Crippen molar-refractivity contribution in [2.75, 3.05) is 13.1 Å². The van der Waals surface area contributed by atoms with Crippen LogP contribution >= 0.6 is 0 Å². The van der Waals surface area contributed by atoms with Gasteiger partial charge in [0, 0.05) is 24.9 Å². The number of hydrogen-bond donors (Lipinski definition) is 0. The van der Waals surface area contributed by atoms with Crippen molar-refractivity contribution >= 4 is 5.91 Å². The smallest absolute Gasteiger partial charge is 0.229 e. The van der Waals surface area contributed by atoms with Gasteiger partial charge in [-0.15, -0.1) is 0 Å². The van der Waals surface area contributed by atoms with E-state index in [0.717, 1.165) is 38.2 Å². The van der Waals surface area contributed by atoms with Gasteiger partial charge < -0.3 is 9.42 Å². The van der Waals surface area contributed by atoms with Crippen molar-refractivity contribution in [2.24, 2.45) is 5.92 Å². The minimum atomic E-state index is 0.180. The van der Waals surface area contributed by atoms with Gasteiger partial charge in [0.15, 0.2) is 5.82 Å². The number of aryl methyl sites for hydroxylation is 1. The maximum Gasteiger partial charge on any atom is 0.229 e. The summed E-state index contributed by atoms with van der Waals surface area (Å²) < 4.78 is 5.27. The molecule has 0 spiro atoms. The molecule has 2 aromatic rings. The Morgan fingerprint density at radius 3 is 2.61 bits per heavy atom. The fourth-order valence-electron chi connectivity index (χ4n) is 3.60. The molecule has 0 radical (unpaired) electrons. The fourth-order valence-corrected chi connectivity index (χ4v) is 3.60. The first-order valence-electron chi connectivity index (χ1n) is 8.36. The Hall–Kier alpha value is -2.17. The predicted molar refractivity (Wildman–Crippen MR) is 84.9 cm³/mol. The molecule has 1 saturated carbocycles. The molecule has 5 nitrogen and oxygen atoms in total. The van der Waals surface area contributed by atoms with E-state index < -0.39 is 0 Å². The van der Waals surface area contributed by atoms with Gasteiger partial charge >= 0.3 is 0 Å². The molecule has 1 aliphatic heterocycles. The molecular formula is C18H21N3O2. The highest BCUT2D eigenvalue weighted by Crippen LogP contribution is 2.48. The van der Waals surface area contributed by atoms with Gasteiger partial charge in [-0.05, 0) is 37.7 Å². The second-order valence-corrected chi connectivity index (χ2v) is 6.64. The molecule has 0 unspecified atom stereocenters. The van der Waals surface area contributed by atoms with Crippen molar-refractivity contribution in [1.82, 2.24) is 15.0 Å². The van der Waals surface area contributed by atoms with Crippen LogP contribution in [0.4, 0.5) is 0 Å². The number of benzene rings is 1. The lowest BCUT2D eigenvalue weighted by Crippen LogP contribution is -2.39. The summed E-state index contributed by atoms with van der Waals surface area (Å²) in [5.41, 5.74) is 1.29. The Bertz CT molecular complexity index is 689. The molecule has 2 fully saturated rings. The normalized spacial score (nSPS) is 24.7. The van der Waals surface area contributed by atoms with Crippen LogP contribution in [0.3, 0.4) is 0 Å². The van der Waals surface area contributed by atoms with Crippen LogP contribution in [-0.2, 0) is 4.79 Å². The van der Waals surface area contributed by atoms with E-state index in [9.17, 15) is 4.79 Å². The third-order valence-electron chi connectivity index (χ3n) is 5.03. The van der Waals surface area contributed by atoms with E-state index in [-0.39, 0.29) is 5.92 Å². The zero-order valence-electron chi connectivity index (χ0n) is 13.3. The van der Waals surface area contributed by atoms with Crippen LogP contribution in [0, 0.1) is 12.8 Å². The van der Waals surface area contributed by atoms with Crippen molar-refractivity contribution in [1.29, 1.82) is 0 Å². The van der Waals surface area contributed by atoms with Crippen LogP contribution in [0.5, 0.6) is 0 Å². The van der Waals surface area contributed by atoms with Crippen molar-refractivity contribution in [3.8, 4) is 0 Å². The Morgan fingerprint density at radius 1 is 1.22 bits per heavy atom. The van der Waals surface area contributed by atoms with E-state index in [1.54, 1.807) is 0 Å². The van der Waals surface area contributed by atoms with Crippen LogP contribution in [0.1, 0.15) is 48.4 Å². The van der Waals surface area contributed by atoms with E-state index in [1.807, 2.05) is 30.0 Å². The largest absolute Gasteiger partial charge is 0.342 e. The number of amides is 1. The highest BCUT2D eigenvalue weighted by Gasteiger charge is 2.46. The lowest BCUT2D eigenvalue weighted by atomic mass is 9.96. The van der Waals surface area contributed by atoms with Gasteiger partial charge in [-0.2, -0.15) is 4.98 Å². The Balaban J connectivity index is 1.33. The number of aromatic nitrogens is 2. The maximum absolute atomic E-state index is 12.7. The number of piperidine rings is 1. The number of hydrogen-bond acceptors (Lipinski definition) is 4. The topological polar surface area (TPSA) is 59.2 Å². The zero-order chi connectivity index (χ0) is 15.8. The van der Waals surface area contributed by atoms with Gasteiger partial charge in [-0.3, -0.25) is 4.79 Å². The molecule has 1 amide bonds. The quantitative estimate of drug-likeness (QED) is 0.874. The second kappa shape index (κ2) is 5.80. The fraction of sp³-hybridized carbons (Fsp3) is 0.500. The minimum absolute atomic E-state index is 0.180. The number of rotatable bonds is 3. The average molecular weight is 311 g/mol. The van der Waals surface area contributed by atoms with Crippen molar-refractivity contribution in [3.05, 3.63) is 47.6 Å². The summed E-state index contributed by atoms with van der Waals surface area (Å²) in [5, 5.41) is 3.86. The molecule has 2 heterocycles. The molecule has 0 bridgehead atoms. The molecule has 1 aliphatic carbocycles. The number of carbonyl (C=O) groups is 1. The standard InChI is InChI=1S/C18H21N3O2/c1-12-19-17(23-20-12)14-7-9-21(10-8-14)18(22)16-11-15(16)13-5-3-2-4-6-13/h2-6,14-16H,7-11H2,1H3/t15-,16+/m1/s1. The van der Waals surface area contributed by atoms with Gasteiger partial charge in [0.1, 0.15) is 0 Å². The summed E-state index contributed by atoms with van der Waals surface area (Å²) in [7, 11) is 0. The van der Waals surface area contributed by atoms with E-state index in [2.05, 4.69) is 22.3 Å². The lowest BCUT2D eigenvalue weighted by molar-refractivity contribution is -0.133. The average Bonchev–Trinajstić information content (AvgIpc) is 3.29. The van der Waals surface area contributed by atoms with Gasteiger partial charge in [0.2, 0.25) is 11.8 Å². The third-order valence-corrected chi connectivity index (χ3v) is 5.03. The Morgan fingerprint density at radius 2 is 1.96 bits per heavy atom. The van der Waals surface area contributed by atoms with E-state index >= 15 is 0 Å². The lowest BCUT2D eigenvalue weighted by Gasteiger charge is -2.30. The molecule has 120 valence electrons. The van der Waals surface area contributed by atoms with Crippen LogP contribution in [0.15, 0.2) is 34.9 Å². The minimum Gasteiger partial charge on any atom is -0.342 e. The van der Waals surface area contributed by atoms with Crippen molar-refractivity contribution in [3.63, 3.8) is 0 Å². The van der Waals surface area contributed by atoms with Crippen molar-refractivity contribution < 1.29 is 9.32 Å². The van der Waals surface area contributed by atoms with Crippen LogP contribution in [0.2, 0.25) is 0 Å². The SMILES string of the molecule is Cc1noc(C2CCN(C(=O)[C@H]3C[C@@H]3c3ccccc3)CC2)n1. The Kier molecular flexibility index (Phi) is 3.63. The van der Waals surface area contributed by atoms with Gasteiger partial charge in [-0.25, -0.2) is 0 Å². The van der Waals surface area contributed by atoms with E-state index in [1.165, 1.54) is 5.56 Å². The van der Waals surface area contributed by atoms with Crippen LogP contribution < -0.4 is 0 Å². The first-order valence-corrected chi connectivity index (χ1v) is 8.36. The molecule has 1 aromatic heterocycles. The number of carbonyl (C=O) groups excluding carboxylic acids is 1. The monoisotopic (exact) mass is 311 g/mol. The highest BCUT2D eigenvalue weighted by molar-refractivity contribution is 5.83. The van der Waals surface area contributed by atoms with E-state index in [0.29, 0.717) is 23.6 Å².